The molecular weight excluding hydrogens is 347 g/mol. The Hall–Kier alpha value is -1.99. The van der Waals surface area contributed by atoms with E-state index in [1.807, 2.05) is 4.90 Å². The zero-order valence-corrected chi connectivity index (χ0v) is 14.6. The van der Waals surface area contributed by atoms with Crippen LogP contribution in [0.3, 0.4) is 0 Å². The summed E-state index contributed by atoms with van der Waals surface area (Å²) in [5, 5.41) is 3.16. The van der Waals surface area contributed by atoms with E-state index in [1.165, 1.54) is 18.6 Å². The first-order chi connectivity index (χ1) is 12.4. The third-order valence-corrected chi connectivity index (χ3v) is 5.10. The van der Waals surface area contributed by atoms with Gasteiger partial charge in [0, 0.05) is 25.0 Å². The Morgan fingerprint density at radius 3 is 2.38 bits per heavy atom. The van der Waals surface area contributed by atoms with Crippen molar-refractivity contribution in [3.8, 4) is 5.75 Å². The number of piperidine rings is 1. The van der Waals surface area contributed by atoms with Gasteiger partial charge in [0.25, 0.3) is 0 Å². The lowest BCUT2D eigenvalue weighted by molar-refractivity contribution is -0.274. The summed E-state index contributed by atoms with van der Waals surface area (Å²) in [7, 11) is 0. The molecule has 0 aromatic carbocycles. The Kier molecular flexibility index (Phi) is 5.88. The van der Waals surface area contributed by atoms with E-state index < -0.39 is 6.36 Å². The second-order valence-electron chi connectivity index (χ2n) is 7.00. The molecule has 144 valence electrons. The number of anilines is 1. The van der Waals surface area contributed by atoms with Crippen LogP contribution in [-0.2, 0) is 4.79 Å². The Morgan fingerprint density at radius 1 is 1.12 bits per heavy atom. The SMILES string of the molecule is O=C(NC1CCN(c2ccc(OC(F)(F)F)cn2)CC1)C1CCCCC1. The maximum absolute atomic E-state index is 12.3. The van der Waals surface area contributed by atoms with Crippen LogP contribution in [0.25, 0.3) is 0 Å². The quantitative estimate of drug-likeness (QED) is 0.878. The monoisotopic (exact) mass is 371 g/mol. The summed E-state index contributed by atoms with van der Waals surface area (Å²) in [4.78, 5) is 18.4. The molecule has 1 aliphatic heterocycles. The summed E-state index contributed by atoms with van der Waals surface area (Å²) in [5.41, 5.74) is 0. The highest BCUT2D eigenvalue weighted by Crippen LogP contribution is 2.26. The molecule has 1 aromatic heterocycles. The lowest BCUT2D eigenvalue weighted by atomic mass is 9.88. The van der Waals surface area contributed by atoms with E-state index in [9.17, 15) is 18.0 Å². The number of carbonyl (C=O) groups excluding carboxylic acids is 1. The molecule has 8 heteroatoms. The van der Waals surface area contributed by atoms with Crippen LogP contribution in [0.1, 0.15) is 44.9 Å². The number of ether oxygens (including phenoxy) is 1. The van der Waals surface area contributed by atoms with Crippen LogP contribution >= 0.6 is 0 Å². The molecule has 2 heterocycles. The second-order valence-corrected chi connectivity index (χ2v) is 7.00. The number of hydrogen-bond donors (Lipinski definition) is 1. The van der Waals surface area contributed by atoms with Crippen LogP contribution in [0.4, 0.5) is 19.0 Å². The number of pyridine rings is 1. The van der Waals surface area contributed by atoms with Crippen molar-refractivity contribution in [2.24, 2.45) is 5.92 Å². The molecule has 1 saturated carbocycles. The first-order valence-electron chi connectivity index (χ1n) is 9.18. The van der Waals surface area contributed by atoms with Gasteiger partial charge in [-0.3, -0.25) is 4.79 Å². The van der Waals surface area contributed by atoms with Gasteiger partial charge in [-0.2, -0.15) is 0 Å². The molecule has 26 heavy (non-hydrogen) atoms. The fourth-order valence-corrected chi connectivity index (χ4v) is 3.69. The van der Waals surface area contributed by atoms with Gasteiger partial charge in [0.15, 0.2) is 0 Å². The molecule has 0 bridgehead atoms. The van der Waals surface area contributed by atoms with Gasteiger partial charge in [0.2, 0.25) is 5.91 Å². The minimum Gasteiger partial charge on any atom is -0.404 e. The van der Waals surface area contributed by atoms with Gasteiger partial charge in [0.1, 0.15) is 11.6 Å². The number of aromatic nitrogens is 1. The van der Waals surface area contributed by atoms with Crippen LogP contribution in [0, 0.1) is 5.92 Å². The molecule has 1 aromatic rings. The standard InChI is InChI=1S/C18H24F3N3O2/c19-18(20,21)26-15-6-7-16(22-12-15)24-10-8-14(9-11-24)23-17(25)13-4-2-1-3-5-13/h6-7,12-14H,1-5,8-11H2,(H,23,25). The molecule has 0 spiro atoms. The minimum absolute atomic E-state index is 0.157. The van der Waals surface area contributed by atoms with Crippen molar-refractivity contribution in [3.05, 3.63) is 18.3 Å². The minimum atomic E-state index is -4.71. The van der Waals surface area contributed by atoms with E-state index in [0.29, 0.717) is 18.9 Å². The van der Waals surface area contributed by atoms with Crippen LogP contribution in [0.2, 0.25) is 0 Å². The average molecular weight is 371 g/mol. The van der Waals surface area contributed by atoms with Crippen molar-refractivity contribution in [3.63, 3.8) is 0 Å². The van der Waals surface area contributed by atoms with Gasteiger partial charge >= 0.3 is 6.36 Å². The highest BCUT2D eigenvalue weighted by molar-refractivity contribution is 5.79. The molecule has 5 nitrogen and oxygen atoms in total. The van der Waals surface area contributed by atoms with Crippen molar-refractivity contribution < 1.29 is 22.7 Å². The number of nitrogens with zero attached hydrogens (tertiary/aromatic N) is 2. The maximum atomic E-state index is 12.3. The van der Waals surface area contributed by atoms with Crippen LogP contribution in [-0.4, -0.2) is 36.4 Å². The highest BCUT2D eigenvalue weighted by atomic mass is 19.4. The van der Waals surface area contributed by atoms with E-state index >= 15 is 0 Å². The summed E-state index contributed by atoms with van der Waals surface area (Å²) in [5.74, 6) is 0.631. The number of halogens is 3. The van der Waals surface area contributed by atoms with E-state index in [0.717, 1.165) is 44.7 Å². The summed E-state index contributed by atoms with van der Waals surface area (Å²) >= 11 is 0. The zero-order chi connectivity index (χ0) is 18.6. The molecule has 2 fully saturated rings. The van der Waals surface area contributed by atoms with Crippen molar-refractivity contribution >= 4 is 11.7 Å². The number of nitrogens with one attached hydrogen (secondary N) is 1. The average Bonchev–Trinajstić information content (AvgIpc) is 2.62. The first-order valence-corrected chi connectivity index (χ1v) is 9.18. The Bertz CT molecular complexity index is 593. The molecule has 0 unspecified atom stereocenters. The van der Waals surface area contributed by atoms with E-state index in [1.54, 1.807) is 0 Å². The Balaban J connectivity index is 1.46. The number of carbonyl (C=O) groups is 1. The van der Waals surface area contributed by atoms with Crippen molar-refractivity contribution in [1.82, 2.24) is 10.3 Å². The van der Waals surface area contributed by atoms with Crippen LogP contribution in [0.5, 0.6) is 5.75 Å². The Labute approximate surface area is 150 Å². The molecule has 0 radical (unpaired) electrons. The summed E-state index contributed by atoms with van der Waals surface area (Å²) in [6.45, 7) is 1.42. The predicted molar refractivity (Wildman–Crippen MR) is 90.9 cm³/mol. The van der Waals surface area contributed by atoms with Crippen molar-refractivity contribution in [1.29, 1.82) is 0 Å². The van der Waals surface area contributed by atoms with Gasteiger partial charge < -0.3 is 15.0 Å². The lowest BCUT2D eigenvalue weighted by Gasteiger charge is -2.34. The lowest BCUT2D eigenvalue weighted by Crippen LogP contribution is -2.46. The molecule has 0 atom stereocenters. The summed E-state index contributed by atoms with van der Waals surface area (Å²) in [6, 6.07) is 2.96. The second kappa shape index (κ2) is 8.14. The predicted octanol–water partition coefficient (Wildman–Crippen LogP) is 3.65. The number of amides is 1. The fraction of sp³-hybridized carbons (Fsp3) is 0.667. The molecule has 2 aliphatic rings. The van der Waals surface area contributed by atoms with Crippen LogP contribution in [0.15, 0.2) is 18.3 Å². The zero-order valence-electron chi connectivity index (χ0n) is 14.6. The van der Waals surface area contributed by atoms with Gasteiger partial charge in [-0.25, -0.2) is 4.98 Å². The van der Waals surface area contributed by atoms with E-state index in [-0.39, 0.29) is 23.6 Å². The molecule has 1 aliphatic carbocycles. The number of alkyl halides is 3. The van der Waals surface area contributed by atoms with Gasteiger partial charge in [0.05, 0.1) is 6.20 Å². The summed E-state index contributed by atoms with van der Waals surface area (Å²) in [6.07, 6.45) is 3.45. The largest absolute Gasteiger partial charge is 0.573 e. The van der Waals surface area contributed by atoms with E-state index in [4.69, 9.17) is 0 Å². The molecule has 1 N–H and O–H groups in total. The summed E-state index contributed by atoms with van der Waals surface area (Å²) < 4.78 is 40.4. The Morgan fingerprint density at radius 2 is 1.81 bits per heavy atom. The number of rotatable bonds is 4. The molecule has 1 amide bonds. The van der Waals surface area contributed by atoms with Gasteiger partial charge in [-0.1, -0.05) is 19.3 Å². The molecular formula is C18H24F3N3O2. The van der Waals surface area contributed by atoms with E-state index in [2.05, 4.69) is 15.0 Å². The normalized spacial score (nSPS) is 20.0. The van der Waals surface area contributed by atoms with Crippen LogP contribution < -0.4 is 15.0 Å². The first kappa shape index (κ1) is 18.8. The molecule has 1 saturated heterocycles. The van der Waals surface area contributed by atoms with Crippen molar-refractivity contribution in [2.75, 3.05) is 18.0 Å². The third kappa shape index (κ3) is 5.25. The topological polar surface area (TPSA) is 54.5 Å². The molecule has 3 rings (SSSR count). The van der Waals surface area contributed by atoms with Gasteiger partial charge in [-0.15, -0.1) is 13.2 Å². The number of hydrogen-bond acceptors (Lipinski definition) is 4. The van der Waals surface area contributed by atoms with Gasteiger partial charge in [-0.05, 0) is 37.8 Å². The van der Waals surface area contributed by atoms with Crippen molar-refractivity contribution in [2.45, 2.75) is 57.3 Å². The third-order valence-electron chi connectivity index (χ3n) is 5.10. The maximum Gasteiger partial charge on any atom is 0.573 e. The fourth-order valence-electron chi connectivity index (χ4n) is 3.69. The highest BCUT2D eigenvalue weighted by Gasteiger charge is 2.31. The smallest absolute Gasteiger partial charge is 0.404 e.